The van der Waals surface area contributed by atoms with E-state index in [0.717, 1.165) is 5.56 Å². The molecule has 0 amide bonds. The molecule has 1 aliphatic heterocycles. The number of benzene rings is 1. The van der Waals surface area contributed by atoms with Crippen LogP contribution in [0.1, 0.15) is 25.3 Å². The first kappa shape index (κ1) is 19.2. The van der Waals surface area contributed by atoms with Crippen LogP contribution in [0.15, 0.2) is 78.2 Å². The zero-order valence-electron chi connectivity index (χ0n) is 15.1. The summed E-state index contributed by atoms with van der Waals surface area (Å²) in [5, 5.41) is 3.10. The summed E-state index contributed by atoms with van der Waals surface area (Å²) in [6.45, 7) is 10.9. The molecule has 0 atom stereocenters. The van der Waals surface area contributed by atoms with E-state index < -0.39 is 17.9 Å². The van der Waals surface area contributed by atoms with Crippen LogP contribution < -0.4 is 5.32 Å². The summed E-state index contributed by atoms with van der Waals surface area (Å²) in [4.78, 5) is 25.4. The van der Waals surface area contributed by atoms with Crippen molar-refractivity contribution in [3.63, 3.8) is 0 Å². The number of hydrogen-bond donors (Lipinski definition) is 1. The molecule has 0 unspecified atom stereocenters. The fourth-order valence-electron chi connectivity index (χ4n) is 2.94. The largest absolute Gasteiger partial charge is 0.458 e. The van der Waals surface area contributed by atoms with E-state index in [1.54, 1.807) is 13.8 Å². The van der Waals surface area contributed by atoms with Crippen LogP contribution in [0.25, 0.3) is 0 Å². The molecule has 26 heavy (non-hydrogen) atoms. The Labute approximate surface area is 153 Å². The minimum atomic E-state index is -0.577. The van der Waals surface area contributed by atoms with Gasteiger partial charge in [-0.15, -0.1) is 0 Å². The van der Waals surface area contributed by atoms with Crippen LogP contribution in [0.3, 0.4) is 0 Å². The average Bonchev–Trinajstić information content (AvgIpc) is 2.64. The van der Waals surface area contributed by atoms with Crippen LogP contribution in [-0.2, 0) is 19.1 Å². The lowest BCUT2D eigenvalue weighted by atomic mass is 9.80. The van der Waals surface area contributed by atoms with Gasteiger partial charge in [0.15, 0.2) is 0 Å². The molecule has 1 heterocycles. The predicted molar refractivity (Wildman–Crippen MR) is 100 cm³/mol. The quantitative estimate of drug-likeness (QED) is 0.601. The Morgan fingerprint density at radius 2 is 1.42 bits per heavy atom. The number of carbonyl (C=O) groups is 2. The molecule has 1 aliphatic rings. The number of nitrogens with one attached hydrogen (secondary N) is 1. The Balaban J connectivity index is 2.54. The number of dihydropyridines is 1. The lowest BCUT2D eigenvalue weighted by Crippen LogP contribution is -2.32. The molecule has 0 saturated carbocycles. The first-order valence-corrected chi connectivity index (χ1v) is 8.30. The Morgan fingerprint density at radius 3 is 1.85 bits per heavy atom. The van der Waals surface area contributed by atoms with Gasteiger partial charge >= 0.3 is 11.9 Å². The van der Waals surface area contributed by atoms with Crippen LogP contribution in [-0.4, -0.2) is 25.2 Å². The van der Waals surface area contributed by atoms with Crippen LogP contribution in [0.5, 0.6) is 0 Å². The minimum Gasteiger partial charge on any atom is -0.458 e. The fourth-order valence-corrected chi connectivity index (χ4v) is 2.94. The van der Waals surface area contributed by atoms with E-state index in [9.17, 15) is 9.59 Å². The highest BCUT2D eigenvalue weighted by atomic mass is 16.5. The van der Waals surface area contributed by atoms with Crippen molar-refractivity contribution in [2.75, 3.05) is 13.2 Å². The first-order valence-electron chi connectivity index (χ1n) is 8.30. The second-order valence-corrected chi connectivity index (χ2v) is 5.82. The number of ether oxygens (including phenoxy) is 2. The summed E-state index contributed by atoms with van der Waals surface area (Å²) in [5.41, 5.74) is 2.86. The maximum absolute atomic E-state index is 12.7. The van der Waals surface area contributed by atoms with Gasteiger partial charge in [0, 0.05) is 11.4 Å². The van der Waals surface area contributed by atoms with Crippen molar-refractivity contribution >= 4 is 11.9 Å². The van der Waals surface area contributed by atoms with Crippen molar-refractivity contribution in [3.8, 4) is 0 Å². The summed E-state index contributed by atoms with van der Waals surface area (Å²) < 4.78 is 10.5. The molecule has 1 aromatic carbocycles. The standard InChI is InChI=1S/C21H23NO4/c1-5-12-25-20(23)17-14(3)22-15(4)18(21(24)26-13-6-2)19(17)16-10-8-7-9-11-16/h5-11,19,22H,1-2,12-13H2,3-4H3. The molecule has 0 aromatic heterocycles. The number of rotatable bonds is 7. The molecule has 5 heteroatoms. The summed E-state index contributed by atoms with van der Waals surface area (Å²) >= 11 is 0. The predicted octanol–water partition coefficient (Wildman–Crippen LogP) is 3.38. The topological polar surface area (TPSA) is 64.6 Å². The van der Waals surface area contributed by atoms with Crippen molar-refractivity contribution in [1.82, 2.24) is 5.32 Å². The molecule has 1 N–H and O–H groups in total. The van der Waals surface area contributed by atoms with E-state index in [1.807, 2.05) is 30.3 Å². The maximum atomic E-state index is 12.7. The number of allylic oxidation sites excluding steroid dienone is 2. The average molecular weight is 353 g/mol. The van der Waals surface area contributed by atoms with Crippen molar-refractivity contribution in [3.05, 3.63) is 83.7 Å². The molecular weight excluding hydrogens is 330 g/mol. The number of esters is 2. The van der Waals surface area contributed by atoms with E-state index in [1.165, 1.54) is 12.2 Å². The molecule has 5 nitrogen and oxygen atoms in total. The lowest BCUT2D eigenvalue weighted by molar-refractivity contribution is -0.138. The molecule has 0 saturated heterocycles. The smallest absolute Gasteiger partial charge is 0.337 e. The van der Waals surface area contributed by atoms with Crippen LogP contribution >= 0.6 is 0 Å². The van der Waals surface area contributed by atoms with E-state index in [-0.39, 0.29) is 13.2 Å². The van der Waals surface area contributed by atoms with E-state index in [0.29, 0.717) is 22.5 Å². The summed E-state index contributed by atoms with van der Waals surface area (Å²) in [6, 6.07) is 9.35. The van der Waals surface area contributed by atoms with Gasteiger partial charge in [-0.05, 0) is 19.4 Å². The van der Waals surface area contributed by atoms with Gasteiger partial charge in [0.25, 0.3) is 0 Å². The van der Waals surface area contributed by atoms with Gasteiger partial charge in [0.1, 0.15) is 13.2 Å². The minimum absolute atomic E-state index is 0.0933. The van der Waals surface area contributed by atoms with E-state index in [2.05, 4.69) is 18.5 Å². The fraction of sp³-hybridized carbons (Fsp3) is 0.238. The van der Waals surface area contributed by atoms with Crippen molar-refractivity contribution in [2.24, 2.45) is 0 Å². The van der Waals surface area contributed by atoms with Crippen LogP contribution in [0.2, 0.25) is 0 Å². The molecule has 0 spiro atoms. The number of hydrogen-bond acceptors (Lipinski definition) is 5. The third kappa shape index (κ3) is 4.11. The van der Waals surface area contributed by atoms with Crippen molar-refractivity contribution < 1.29 is 19.1 Å². The van der Waals surface area contributed by atoms with Gasteiger partial charge in [-0.2, -0.15) is 0 Å². The van der Waals surface area contributed by atoms with Gasteiger partial charge in [0.05, 0.1) is 17.1 Å². The van der Waals surface area contributed by atoms with E-state index in [4.69, 9.17) is 9.47 Å². The molecule has 2 rings (SSSR count). The molecular formula is C21H23NO4. The Hall–Kier alpha value is -3.08. The monoisotopic (exact) mass is 353 g/mol. The van der Waals surface area contributed by atoms with Crippen LogP contribution in [0.4, 0.5) is 0 Å². The van der Waals surface area contributed by atoms with Gasteiger partial charge in [-0.3, -0.25) is 0 Å². The Kier molecular flexibility index (Phi) is 6.55. The zero-order valence-corrected chi connectivity index (χ0v) is 15.1. The summed E-state index contributed by atoms with van der Waals surface area (Å²) in [5.74, 6) is -1.57. The molecule has 0 aliphatic carbocycles. The summed E-state index contributed by atoms with van der Waals surface area (Å²) in [7, 11) is 0. The third-order valence-corrected chi connectivity index (χ3v) is 4.00. The third-order valence-electron chi connectivity index (χ3n) is 4.00. The highest BCUT2D eigenvalue weighted by molar-refractivity contribution is 5.99. The van der Waals surface area contributed by atoms with Crippen molar-refractivity contribution in [1.29, 1.82) is 0 Å². The van der Waals surface area contributed by atoms with Gasteiger partial charge in [0.2, 0.25) is 0 Å². The molecule has 0 bridgehead atoms. The molecule has 0 radical (unpaired) electrons. The normalized spacial score (nSPS) is 14.5. The van der Waals surface area contributed by atoms with Gasteiger partial charge < -0.3 is 14.8 Å². The van der Waals surface area contributed by atoms with Crippen molar-refractivity contribution in [2.45, 2.75) is 19.8 Å². The lowest BCUT2D eigenvalue weighted by Gasteiger charge is -2.30. The van der Waals surface area contributed by atoms with E-state index >= 15 is 0 Å². The highest BCUT2D eigenvalue weighted by Crippen LogP contribution is 2.39. The van der Waals surface area contributed by atoms with Crippen LogP contribution in [0, 0.1) is 0 Å². The first-order chi connectivity index (χ1) is 12.5. The second-order valence-electron chi connectivity index (χ2n) is 5.82. The SMILES string of the molecule is C=CCOC(=O)C1=C(C)NC(C)=C(C(=O)OCC=C)C1c1ccccc1. The maximum Gasteiger partial charge on any atom is 0.337 e. The molecule has 1 aromatic rings. The summed E-state index contributed by atoms with van der Waals surface area (Å²) in [6.07, 6.45) is 3.00. The molecule has 136 valence electrons. The highest BCUT2D eigenvalue weighted by Gasteiger charge is 2.37. The second kappa shape index (κ2) is 8.85. The van der Waals surface area contributed by atoms with Gasteiger partial charge in [-0.1, -0.05) is 55.6 Å². The zero-order chi connectivity index (χ0) is 19.1. The number of carbonyl (C=O) groups excluding carboxylic acids is 2. The molecule has 0 fully saturated rings. The Morgan fingerprint density at radius 1 is 0.962 bits per heavy atom. The Bertz CT molecular complexity index is 728. The van der Waals surface area contributed by atoms with Gasteiger partial charge in [-0.25, -0.2) is 9.59 Å².